The molecule has 2 aromatic heterocycles. The van der Waals surface area contributed by atoms with Gasteiger partial charge in [-0.05, 0) is 57.0 Å². The molecule has 1 N–H and O–H groups in total. The number of sulfonamides is 1. The van der Waals surface area contributed by atoms with Gasteiger partial charge in [0.25, 0.3) is 5.91 Å². The Morgan fingerprint density at radius 3 is 2.65 bits per heavy atom. The van der Waals surface area contributed by atoms with E-state index < -0.39 is 15.9 Å². The van der Waals surface area contributed by atoms with Gasteiger partial charge >= 0.3 is 0 Å². The number of aryl methyl sites for hydroxylation is 1. The van der Waals surface area contributed by atoms with Crippen LogP contribution >= 0.6 is 0 Å². The third kappa shape index (κ3) is 4.28. The number of amides is 1. The van der Waals surface area contributed by atoms with E-state index in [0.29, 0.717) is 31.0 Å². The highest BCUT2D eigenvalue weighted by Gasteiger charge is 2.29. The molecule has 8 nitrogen and oxygen atoms in total. The Hall–Kier alpha value is -2.91. The molecule has 1 amide bonds. The van der Waals surface area contributed by atoms with E-state index in [9.17, 15) is 13.2 Å². The first kappa shape index (κ1) is 21.3. The number of rotatable bonds is 6. The van der Waals surface area contributed by atoms with Crippen molar-refractivity contribution >= 4 is 27.3 Å². The Morgan fingerprint density at radius 1 is 1.16 bits per heavy atom. The Balaban J connectivity index is 1.64. The number of carbonyl (C=O) groups excluding carboxylic acids is 1. The molecule has 0 spiro atoms. The van der Waals surface area contributed by atoms with Crippen LogP contribution < -0.4 is 10.1 Å². The fraction of sp³-hybridized carbons (Fsp3) is 0.364. The molecule has 31 heavy (non-hydrogen) atoms. The summed E-state index contributed by atoms with van der Waals surface area (Å²) in [4.78, 5) is 17.2. The number of anilines is 1. The van der Waals surface area contributed by atoms with Crippen LogP contribution in [0.3, 0.4) is 0 Å². The minimum atomic E-state index is -3.73. The third-order valence-corrected chi connectivity index (χ3v) is 7.28. The molecule has 0 radical (unpaired) electrons. The molecule has 0 unspecified atom stereocenters. The number of piperidine rings is 1. The average molecular weight is 443 g/mol. The lowest BCUT2D eigenvalue weighted by molar-refractivity contribution is 0.102. The SMILES string of the molecule is CCOc1ccc(NC(=O)c2cn3c(C)cccc3n2)cc1S(=O)(=O)N1CCCCC1. The fourth-order valence-electron chi connectivity index (χ4n) is 3.76. The van der Waals surface area contributed by atoms with E-state index in [1.807, 2.05) is 29.5 Å². The number of fused-ring (bicyclic) bond motifs is 1. The summed E-state index contributed by atoms with van der Waals surface area (Å²) >= 11 is 0. The van der Waals surface area contributed by atoms with Gasteiger partial charge in [-0.15, -0.1) is 0 Å². The smallest absolute Gasteiger partial charge is 0.275 e. The van der Waals surface area contributed by atoms with Crippen LogP contribution in [0.2, 0.25) is 0 Å². The molecule has 0 saturated carbocycles. The van der Waals surface area contributed by atoms with Gasteiger partial charge in [-0.2, -0.15) is 4.31 Å². The first-order valence-corrected chi connectivity index (χ1v) is 11.9. The van der Waals surface area contributed by atoms with E-state index in [4.69, 9.17) is 4.74 Å². The van der Waals surface area contributed by atoms with Crippen LogP contribution in [0.25, 0.3) is 5.65 Å². The van der Waals surface area contributed by atoms with Crippen LogP contribution in [0.15, 0.2) is 47.5 Å². The summed E-state index contributed by atoms with van der Waals surface area (Å²) in [5, 5.41) is 2.77. The second-order valence-electron chi connectivity index (χ2n) is 7.53. The summed E-state index contributed by atoms with van der Waals surface area (Å²) in [7, 11) is -3.73. The first-order chi connectivity index (χ1) is 14.9. The molecule has 1 fully saturated rings. The maximum Gasteiger partial charge on any atom is 0.275 e. The van der Waals surface area contributed by atoms with Crippen molar-refractivity contribution in [2.75, 3.05) is 25.0 Å². The molecule has 3 aromatic rings. The standard InChI is InChI=1S/C22H26N4O4S/c1-3-30-19-11-10-17(14-20(19)31(28,29)25-12-5-4-6-13-25)23-22(27)18-15-26-16(2)8-7-9-21(26)24-18/h7-11,14-15H,3-6,12-13H2,1-2H3,(H,23,27). The summed E-state index contributed by atoms with van der Waals surface area (Å²) in [6.07, 6.45) is 4.37. The summed E-state index contributed by atoms with van der Waals surface area (Å²) in [6.45, 7) is 5.06. The first-order valence-electron chi connectivity index (χ1n) is 10.4. The molecule has 4 rings (SSSR count). The van der Waals surface area contributed by atoms with Crippen molar-refractivity contribution in [3.63, 3.8) is 0 Å². The van der Waals surface area contributed by atoms with Gasteiger partial charge in [0, 0.05) is 30.7 Å². The number of hydrogen-bond acceptors (Lipinski definition) is 5. The molecule has 1 aromatic carbocycles. The van der Waals surface area contributed by atoms with E-state index in [1.165, 1.54) is 10.4 Å². The van der Waals surface area contributed by atoms with Gasteiger partial charge in [0.15, 0.2) is 0 Å². The van der Waals surface area contributed by atoms with Gasteiger partial charge in [-0.1, -0.05) is 12.5 Å². The molecular weight excluding hydrogens is 416 g/mol. The molecular formula is C22H26N4O4S. The van der Waals surface area contributed by atoms with Crippen molar-refractivity contribution in [3.8, 4) is 5.75 Å². The lowest BCUT2D eigenvalue weighted by Gasteiger charge is -2.27. The van der Waals surface area contributed by atoms with Crippen LogP contribution in [-0.4, -0.2) is 47.7 Å². The predicted octanol–water partition coefficient (Wildman–Crippen LogP) is 3.47. The zero-order chi connectivity index (χ0) is 22.0. The van der Waals surface area contributed by atoms with Gasteiger partial charge < -0.3 is 14.5 Å². The number of benzene rings is 1. The summed E-state index contributed by atoms with van der Waals surface area (Å²) in [5.41, 5.74) is 2.26. The van der Waals surface area contributed by atoms with Crippen molar-refractivity contribution in [2.45, 2.75) is 38.0 Å². The van der Waals surface area contributed by atoms with Crippen molar-refractivity contribution in [3.05, 3.63) is 54.0 Å². The van der Waals surface area contributed by atoms with Crippen LogP contribution in [0.5, 0.6) is 5.75 Å². The second-order valence-corrected chi connectivity index (χ2v) is 9.44. The molecule has 0 bridgehead atoms. The Labute approximate surface area is 181 Å². The van der Waals surface area contributed by atoms with Crippen LogP contribution in [-0.2, 0) is 10.0 Å². The number of nitrogens with one attached hydrogen (secondary N) is 1. The highest BCUT2D eigenvalue weighted by molar-refractivity contribution is 7.89. The maximum absolute atomic E-state index is 13.3. The van der Waals surface area contributed by atoms with Crippen molar-refractivity contribution in [1.82, 2.24) is 13.7 Å². The molecule has 1 aliphatic heterocycles. The van der Waals surface area contributed by atoms with E-state index in [1.54, 1.807) is 25.3 Å². The number of carbonyl (C=O) groups is 1. The number of nitrogens with zero attached hydrogens (tertiary/aromatic N) is 3. The average Bonchev–Trinajstić information content (AvgIpc) is 3.21. The lowest BCUT2D eigenvalue weighted by Crippen LogP contribution is -2.35. The molecule has 1 aliphatic rings. The Kier molecular flexibility index (Phi) is 5.97. The zero-order valence-electron chi connectivity index (χ0n) is 17.7. The summed E-state index contributed by atoms with van der Waals surface area (Å²) < 4.78 is 35.4. The van der Waals surface area contributed by atoms with Gasteiger partial charge in [0.05, 0.1) is 6.61 Å². The summed E-state index contributed by atoms with van der Waals surface area (Å²) in [6, 6.07) is 10.3. The minimum absolute atomic E-state index is 0.0693. The van der Waals surface area contributed by atoms with Gasteiger partial charge in [0.1, 0.15) is 22.0 Å². The molecule has 0 atom stereocenters. The number of imidazole rings is 1. The highest BCUT2D eigenvalue weighted by Crippen LogP contribution is 2.31. The van der Waals surface area contributed by atoms with Crippen LogP contribution in [0.1, 0.15) is 42.4 Å². The Bertz CT molecular complexity index is 1210. The number of aromatic nitrogens is 2. The Morgan fingerprint density at radius 2 is 1.94 bits per heavy atom. The molecule has 3 heterocycles. The predicted molar refractivity (Wildman–Crippen MR) is 118 cm³/mol. The van der Waals surface area contributed by atoms with Gasteiger partial charge in [0.2, 0.25) is 10.0 Å². The van der Waals surface area contributed by atoms with E-state index in [2.05, 4.69) is 10.3 Å². The van der Waals surface area contributed by atoms with Gasteiger partial charge in [-0.25, -0.2) is 13.4 Å². The zero-order valence-corrected chi connectivity index (χ0v) is 18.5. The van der Waals surface area contributed by atoms with Crippen molar-refractivity contribution in [1.29, 1.82) is 0 Å². The number of pyridine rings is 1. The number of hydrogen-bond donors (Lipinski definition) is 1. The molecule has 9 heteroatoms. The van der Waals surface area contributed by atoms with E-state index >= 15 is 0 Å². The van der Waals surface area contributed by atoms with Crippen molar-refractivity contribution < 1.29 is 17.9 Å². The van der Waals surface area contributed by atoms with Crippen LogP contribution in [0, 0.1) is 6.92 Å². The number of ether oxygens (including phenoxy) is 1. The second kappa shape index (κ2) is 8.68. The van der Waals surface area contributed by atoms with Crippen LogP contribution in [0.4, 0.5) is 5.69 Å². The molecule has 1 saturated heterocycles. The third-order valence-electron chi connectivity index (χ3n) is 5.36. The minimum Gasteiger partial charge on any atom is -0.492 e. The lowest BCUT2D eigenvalue weighted by atomic mass is 10.2. The van der Waals surface area contributed by atoms with Gasteiger partial charge in [-0.3, -0.25) is 4.79 Å². The highest BCUT2D eigenvalue weighted by atomic mass is 32.2. The fourth-order valence-corrected chi connectivity index (χ4v) is 5.43. The summed E-state index contributed by atoms with van der Waals surface area (Å²) in [5.74, 6) is -0.122. The monoisotopic (exact) mass is 442 g/mol. The maximum atomic E-state index is 13.3. The largest absolute Gasteiger partial charge is 0.492 e. The van der Waals surface area contributed by atoms with Crippen molar-refractivity contribution in [2.24, 2.45) is 0 Å². The topological polar surface area (TPSA) is 93.0 Å². The van der Waals surface area contributed by atoms with E-state index in [0.717, 1.165) is 25.0 Å². The van der Waals surface area contributed by atoms with E-state index in [-0.39, 0.29) is 16.3 Å². The molecule has 0 aliphatic carbocycles. The quantitative estimate of drug-likeness (QED) is 0.631. The normalized spacial score (nSPS) is 15.2. The molecule has 164 valence electrons.